The number of imide groups is 1. The van der Waals surface area contributed by atoms with E-state index < -0.39 is 23.4 Å². The second-order valence-electron chi connectivity index (χ2n) is 12.2. The van der Waals surface area contributed by atoms with E-state index in [1.54, 1.807) is 32.9 Å². The number of nitrogens with two attached hydrogens (primary N) is 1. The molecule has 0 aliphatic carbocycles. The highest BCUT2D eigenvalue weighted by atomic mass is 17.2. The number of carbonyl (C=O) groups excluding carboxylic acids is 3. The number of hydrogen-bond acceptors (Lipinski definition) is 7. The molecule has 0 aliphatic heterocycles. The largest absolute Gasteiger partial charge is 0.507 e. The number of aromatic hydroxyl groups is 1. The van der Waals surface area contributed by atoms with E-state index in [0.29, 0.717) is 11.4 Å². The summed E-state index contributed by atoms with van der Waals surface area (Å²) in [5.41, 5.74) is 0.923. The molecule has 0 saturated heterocycles. The number of hydrogen-bond donors (Lipinski definition) is 2. The number of benzene rings is 2. The fraction of sp³-hybridized carbons (Fsp3) is 0.483. The van der Waals surface area contributed by atoms with Crippen LogP contribution in [0.4, 0.5) is 0 Å². The average molecular weight is 513 g/mol. The Kier molecular flexibility index (Phi) is 8.94. The van der Waals surface area contributed by atoms with Crippen molar-refractivity contribution < 1.29 is 29.3 Å². The van der Waals surface area contributed by atoms with Gasteiger partial charge in [-0.2, -0.15) is 4.89 Å². The molecule has 0 aliphatic rings. The maximum atomic E-state index is 13.0. The molecule has 202 valence electrons. The fourth-order valence-electron chi connectivity index (χ4n) is 3.65. The number of amides is 2. The molecule has 8 heteroatoms. The van der Waals surface area contributed by atoms with Crippen molar-refractivity contribution in [2.75, 3.05) is 0 Å². The minimum Gasteiger partial charge on any atom is -0.507 e. The Hall–Kier alpha value is -3.23. The molecule has 0 atom stereocenters. The lowest BCUT2D eigenvalue weighted by atomic mass is 9.78. The minimum absolute atomic E-state index is 0.0417. The van der Waals surface area contributed by atoms with Crippen molar-refractivity contribution in [1.82, 2.24) is 5.01 Å². The quantitative estimate of drug-likeness (QED) is 0.232. The van der Waals surface area contributed by atoms with Crippen LogP contribution in [0.5, 0.6) is 5.75 Å². The summed E-state index contributed by atoms with van der Waals surface area (Å²) < 4.78 is 0. The molecule has 0 bridgehead atoms. The van der Waals surface area contributed by atoms with Crippen LogP contribution in [0.2, 0.25) is 0 Å². The molecule has 0 fully saturated rings. The van der Waals surface area contributed by atoms with Gasteiger partial charge in [-0.15, -0.1) is 0 Å². The topological polar surface area (TPSA) is 119 Å². The van der Waals surface area contributed by atoms with Gasteiger partial charge in [0.2, 0.25) is 5.91 Å². The minimum atomic E-state index is -0.867. The lowest BCUT2D eigenvalue weighted by Gasteiger charge is -2.28. The Labute approximate surface area is 219 Å². The highest BCUT2D eigenvalue weighted by Gasteiger charge is 2.28. The van der Waals surface area contributed by atoms with Gasteiger partial charge in [0, 0.05) is 6.42 Å². The van der Waals surface area contributed by atoms with Crippen molar-refractivity contribution in [3.63, 3.8) is 0 Å². The van der Waals surface area contributed by atoms with Crippen molar-refractivity contribution in [3.05, 3.63) is 64.2 Å². The fourth-order valence-corrected chi connectivity index (χ4v) is 3.65. The number of carbonyl (C=O) groups is 3. The normalized spacial score (nSPS) is 12.3. The van der Waals surface area contributed by atoms with Crippen LogP contribution in [0.1, 0.15) is 106 Å². The summed E-state index contributed by atoms with van der Waals surface area (Å²) >= 11 is 0. The zero-order valence-corrected chi connectivity index (χ0v) is 23.4. The van der Waals surface area contributed by atoms with Gasteiger partial charge in [0.15, 0.2) is 0 Å². The molecule has 2 amide bonds. The van der Waals surface area contributed by atoms with Crippen molar-refractivity contribution in [1.29, 1.82) is 0 Å². The van der Waals surface area contributed by atoms with Crippen molar-refractivity contribution in [2.24, 2.45) is 5.84 Å². The van der Waals surface area contributed by atoms with Crippen LogP contribution in [-0.2, 0) is 31.8 Å². The molecule has 0 spiro atoms. The number of nitrogens with zero attached hydrogens (tertiary/aromatic N) is 1. The highest BCUT2D eigenvalue weighted by molar-refractivity contribution is 6.10. The van der Waals surface area contributed by atoms with Gasteiger partial charge in [0.05, 0.1) is 11.1 Å². The first-order chi connectivity index (χ1) is 16.8. The average Bonchev–Trinajstić information content (AvgIpc) is 2.78. The van der Waals surface area contributed by atoms with Gasteiger partial charge in [-0.05, 0) is 66.8 Å². The third-order valence-corrected chi connectivity index (χ3v) is 5.65. The number of rotatable bonds is 6. The number of phenolic OH excluding ortho intramolecular Hbond substituents is 1. The lowest BCUT2D eigenvalue weighted by molar-refractivity contribution is -0.301. The van der Waals surface area contributed by atoms with Crippen LogP contribution < -0.4 is 5.84 Å². The van der Waals surface area contributed by atoms with E-state index in [-0.39, 0.29) is 34.1 Å². The highest BCUT2D eigenvalue weighted by Crippen LogP contribution is 2.40. The van der Waals surface area contributed by atoms with Gasteiger partial charge in [-0.3, -0.25) is 14.5 Å². The first-order valence-electron chi connectivity index (χ1n) is 12.3. The van der Waals surface area contributed by atoms with Gasteiger partial charge in [0.25, 0.3) is 5.91 Å². The Bertz CT molecular complexity index is 1130. The van der Waals surface area contributed by atoms with Gasteiger partial charge >= 0.3 is 5.97 Å². The number of aryl methyl sites for hydroxylation is 1. The first kappa shape index (κ1) is 30.0. The van der Waals surface area contributed by atoms with E-state index in [1.807, 2.05) is 53.7 Å². The molecule has 2 aromatic carbocycles. The maximum absolute atomic E-state index is 13.0. The smallest absolute Gasteiger partial charge is 0.373 e. The molecule has 2 aromatic rings. The van der Waals surface area contributed by atoms with Gasteiger partial charge in [-0.1, -0.05) is 65.8 Å². The number of phenols is 1. The molecule has 0 heterocycles. The van der Waals surface area contributed by atoms with Gasteiger partial charge in [-0.25, -0.2) is 15.6 Å². The summed E-state index contributed by atoms with van der Waals surface area (Å²) in [7, 11) is 0. The van der Waals surface area contributed by atoms with Crippen molar-refractivity contribution >= 4 is 17.8 Å². The summed E-state index contributed by atoms with van der Waals surface area (Å²) in [6.45, 7) is 17.2. The van der Waals surface area contributed by atoms with Crippen LogP contribution in [0, 0.1) is 0 Å². The van der Waals surface area contributed by atoms with E-state index >= 15 is 0 Å². The molecule has 2 rings (SSSR count). The van der Waals surface area contributed by atoms with E-state index in [9.17, 15) is 19.5 Å². The third kappa shape index (κ3) is 7.87. The Morgan fingerprint density at radius 2 is 1.35 bits per heavy atom. The molecule has 8 nitrogen and oxygen atoms in total. The molecule has 0 aromatic heterocycles. The third-order valence-electron chi connectivity index (χ3n) is 5.65. The predicted octanol–water partition coefficient (Wildman–Crippen LogP) is 5.35. The van der Waals surface area contributed by atoms with Crippen LogP contribution >= 0.6 is 0 Å². The SMILES string of the molecule is CC(C)(C)OOC(=O)c1ccccc1C(=O)N(N)C(=O)CCc1cc(C(C)(C)C)c(O)c(C(C)(C)C)c1. The molecule has 0 saturated carbocycles. The Balaban J connectivity index is 2.24. The summed E-state index contributed by atoms with van der Waals surface area (Å²) in [5.74, 6) is 3.85. The van der Waals surface area contributed by atoms with Crippen LogP contribution in [0.25, 0.3) is 0 Å². The standard InChI is InChI=1S/C29H40N2O6/c1-27(2,3)21-16-18(17-22(24(21)33)28(4,5)6)14-15-23(32)31(30)25(34)19-12-10-11-13-20(19)26(35)36-37-29(7,8)9/h10-13,16-17,33H,14-15,30H2,1-9H3. The Morgan fingerprint density at radius 1 is 0.865 bits per heavy atom. The zero-order chi connectivity index (χ0) is 28.3. The zero-order valence-electron chi connectivity index (χ0n) is 23.4. The summed E-state index contributed by atoms with van der Waals surface area (Å²) in [6, 6.07) is 9.71. The summed E-state index contributed by atoms with van der Waals surface area (Å²) in [4.78, 5) is 48.4. The maximum Gasteiger partial charge on any atom is 0.373 e. The second-order valence-corrected chi connectivity index (χ2v) is 12.2. The van der Waals surface area contributed by atoms with Gasteiger partial charge < -0.3 is 5.11 Å². The molecule has 37 heavy (non-hydrogen) atoms. The van der Waals surface area contributed by atoms with E-state index in [0.717, 1.165) is 16.7 Å². The number of hydrazine groups is 1. The Morgan fingerprint density at radius 3 is 1.81 bits per heavy atom. The monoisotopic (exact) mass is 512 g/mol. The first-order valence-corrected chi connectivity index (χ1v) is 12.3. The molecular formula is C29H40N2O6. The second kappa shape index (κ2) is 11.0. The summed E-state index contributed by atoms with van der Waals surface area (Å²) in [6.07, 6.45) is 0.273. The molecular weight excluding hydrogens is 472 g/mol. The van der Waals surface area contributed by atoms with Crippen LogP contribution in [0.3, 0.4) is 0 Å². The van der Waals surface area contributed by atoms with E-state index in [1.165, 1.54) is 12.1 Å². The summed E-state index contributed by atoms with van der Waals surface area (Å²) in [5, 5.41) is 11.4. The van der Waals surface area contributed by atoms with E-state index in [4.69, 9.17) is 15.6 Å². The van der Waals surface area contributed by atoms with Crippen LogP contribution in [0.15, 0.2) is 36.4 Å². The molecule has 0 unspecified atom stereocenters. The van der Waals surface area contributed by atoms with Gasteiger partial charge in [0.1, 0.15) is 11.4 Å². The van der Waals surface area contributed by atoms with Crippen LogP contribution in [-0.4, -0.2) is 33.5 Å². The molecule has 0 radical (unpaired) electrons. The predicted molar refractivity (Wildman–Crippen MR) is 142 cm³/mol. The van der Waals surface area contributed by atoms with Crippen molar-refractivity contribution in [3.8, 4) is 5.75 Å². The lowest BCUT2D eigenvalue weighted by Crippen LogP contribution is -2.43. The van der Waals surface area contributed by atoms with E-state index in [2.05, 4.69) is 0 Å². The van der Waals surface area contributed by atoms with Crippen molar-refractivity contribution in [2.45, 2.75) is 91.6 Å². The molecule has 3 N–H and O–H groups in total.